The number of unbranched alkanes of at least 4 members (excludes halogenated alkanes) is 5. The quantitative estimate of drug-likeness (QED) is 0.0535. The lowest BCUT2D eigenvalue weighted by molar-refractivity contribution is -0.151. The van der Waals surface area contributed by atoms with Crippen molar-refractivity contribution in [2.75, 3.05) is 6.61 Å². The fourth-order valence-corrected chi connectivity index (χ4v) is 4.66. The number of benzene rings is 3. The highest BCUT2D eigenvalue weighted by atomic mass is 16.5. The van der Waals surface area contributed by atoms with E-state index in [4.69, 9.17) is 18.9 Å². The number of rotatable bonds is 23. The molecule has 55 heavy (non-hydrogen) atoms. The molecule has 0 aliphatic rings. The van der Waals surface area contributed by atoms with Crippen molar-refractivity contribution in [1.29, 1.82) is 0 Å². The first-order valence-corrected chi connectivity index (χ1v) is 19.4. The van der Waals surface area contributed by atoms with Crippen LogP contribution in [0.3, 0.4) is 0 Å². The summed E-state index contributed by atoms with van der Waals surface area (Å²) in [5, 5.41) is 0. The van der Waals surface area contributed by atoms with Gasteiger partial charge in [-0.25, -0.2) is 0 Å². The van der Waals surface area contributed by atoms with Crippen LogP contribution in [0.5, 0.6) is 0 Å². The van der Waals surface area contributed by atoms with Gasteiger partial charge in [0.1, 0.15) is 19.8 Å². The Labute approximate surface area is 329 Å². The fraction of sp³-hybridized carbons (Fsp3) is 0.404. The lowest BCUT2D eigenvalue weighted by Gasteiger charge is -2.06. The third-order valence-corrected chi connectivity index (χ3v) is 8.08. The van der Waals surface area contributed by atoms with Crippen molar-refractivity contribution in [3.8, 4) is 0 Å². The Morgan fingerprint density at radius 2 is 0.855 bits per heavy atom. The summed E-state index contributed by atoms with van der Waals surface area (Å²) in [5.41, 5.74) is 6.05. The maximum Gasteiger partial charge on any atom is 0.306 e. The number of ether oxygens (including phenoxy) is 4. The predicted octanol–water partition coefficient (Wildman–Crippen LogP) is 11.4. The molecular weight excluding hydrogens is 693 g/mol. The van der Waals surface area contributed by atoms with Gasteiger partial charge in [0.25, 0.3) is 0 Å². The van der Waals surface area contributed by atoms with E-state index in [-0.39, 0.29) is 37.4 Å². The van der Waals surface area contributed by atoms with Crippen LogP contribution < -0.4 is 0 Å². The van der Waals surface area contributed by atoms with Crippen LogP contribution in [-0.4, -0.2) is 30.5 Å². The van der Waals surface area contributed by atoms with Crippen LogP contribution in [0.15, 0.2) is 92.5 Å². The molecule has 0 N–H and O–H groups in total. The van der Waals surface area contributed by atoms with Crippen molar-refractivity contribution in [3.05, 3.63) is 126 Å². The first-order chi connectivity index (χ1) is 26.7. The SMILES string of the molecule is C=Cc1ccc(COC(=O)CCC(=O)OCCCC)cc1.C=Cc1ccc(COC(=O)CCCCC)cc1.C=Cc1cccc(COC(=O)CCCCC)c1. The Bertz CT molecular complexity index is 1560. The molecule has 0 aromatic heterocycles. The second-order valence-electron chi connectivity index (χ2n) is 12.8. The minimum Gasteiger partial charge on any atom is -0.466 e. The lowest BCUT2D eigenvalue weighted by Crippen LogP contribution is -2.10. The smallest absolute Gasteiger partial charge is 0.306 e. The summed E-state index contributed by atoms with van der Waals surface area (Å²) in [5.74, 6) is -0.959. The van der Waals surface area contributed by atoms with Gasteiger partial charge in [-0.15, -0.1) is 0 Å². The van der Waals surface area contributed by atoms with Gasteiger partial charge in [-0.1, -0.05) is 158 Å². The molecule has 0 aliphatic carbocycles. The van der Waals surface area contributed by atoms with E-state index in [0.717, 1.165) is 84.7 Å². The van der Waals surface area contributed by atoms with Crippen LogP contribution in [0.1, 0.15) is 131 Å². The van der Waals surface area contributed by atoms with E-state index in [1.807, 2.05) is 79.7 Å². The van der Waals surface area contributed by atoms with Crippen LogP contribution >= 0.6 is 0 Å². The van der Waals surface area contributed by atoms with E-state index in [2.05, 4.69) is 33.6 Å². The molecule has 0 atom stereocenters. The summed E-state index contributed by atoms with van der Waals surface area (Å²) in [6.07, 6.45) is 14.6. The van der Waals surface area contributed by atoms with Gasteiger partial charge in [-0.3, -0.25) is 19.2 Å². The minimum atomic E-state index is -0.393. The first-order valence-electron chi connectivity index (χ1n) is 19.4. The van der Waals surface area contributed by atoms with Gasteiger partial charge in [0.2, 0.25) is 0 Å². The zero-order valence-corrected chi connectivity index (χ0v) is 33.4. The average Bonchev–Trinajstić information content (AvgIpc) is 3.22. The molecule has 3 aromatic carbocycles. The molecule has 298 valence electrons. The third kappa shape index (κ3) is 24.7. The lowest BCUT2D eigenvalue weighted by atomic mass is 10.1. The number of carbonyl (C=O) groups is 4. The zero-order chi connectivity index (χ0) is 40.5. The summed E-state index contributed by atoms with van der Waals surface area (Å²) < 4.78 is 20.5. The highest BCUT2D eigenvalue weighted by Crippen LogP contribution is 2.11. The predicted molar refractivity (Wildman–Crippen MR) is 222 cm³/mol. The maximum atomic E-state index is 11.5. The van der Waals surface area contributed by atoms with Crippen molar-refractivity contribution in [2.24, 2.45) is 0 Å². The monoisotopic (exact) mass is 754 g/mol. The topological polar surface area (TPSA) is 105 Å². The molecule has 0 fully saturated rings. The van der Waals surface area contributed by atoms with Gasteiger partial charge in [-0.2, -0.15) is 0 Å². The summed E-state index contributed by atoms with van der Waals surface area (Å²) in [6.45, 7) is 18.7. The minimum absolute atomic E-state index is 0.0513. The highest BCUT2D eigenvalue weighted by molar-refractivity contribution is 5.77. The molecule has 0 spiro atoms. The van der Waals surface area contributed by atoms with Crippen LogP contribution in [0.4, 0.5) is 0 Å². The van der Waals surface area contributed by atoms with E-state index in [9.17, 15) is 19.2 Å². The molecule has 0 bridgehead atoms. The Balaban J connectivity index is 0.000000416. The molecule has 0 saturated heterocycles. The summed E-state index contributed by atoms with van der Waals surface area (Å²) >= 11 is 0. The van der Waals surface area contributed by atoms with E-state index in [1.165, 1.54) is 0 Å². The molecule has 0 heterocycles. The van der Waals surface area contributed by atoms with Gasteiger partial charge >= 0.3 is 23.9 Å². The fourth-order valence-electron chi connectivity index (χ4n) is 4.66. The number of esters is 4. The van der Waals surface area contributed by atoms with Crippen molar-refractivity contribution in [3.63, 3.8) is 0 Å². The van der Waals surface area contributed by atoms with E-state index < -0.39 is 5.97 Å². The normalized spacial score (nSPS) is 9.95. The van der Waals surface area contributed by atoms with E-state index >= 15 is 0 Å². The highest BCUT2D eigenvalue weighted by Gasteiger charge is 2.09. The van der Waals surface area contributed by atoms with Gasteiger partial charge in [0, 0.05) is 12.8 Å². The van der Waals surface area contributed by atoms with E-state index in [1.54, 1.807) is 18.2 Å². The van der Waals surface area contributed by atoms with Crippen LogP contribution in [-0.2, 0) is 57.9 Å². The van der Waals surface area contributed by atoms with Crippen LogP contribution in [0, 0.1) is 0 Å². The summed E-state index contributed by atoms with van der Waals surface area (Å²) in [4.78, 5) is 45.6. The Hall–Kier alpha value is -5.24. The number of carbonyl (C=O) groups excluding carboxylic acids is 4. The number of hydrogen-bond acceptors (Lipinski definition) is 8. The van der Waals surface area contributed by atoms with Crippen LogP contribution in [0.25, 0.3) is 18.2 Å². The number of hydrogen-bond donors (Lipinski definition) is 0. The van der Waals surface area contributed by atoms with Gasteiger partial charge in [-0.05, 0) is 58.7 Å². The molecule has 0 unspecified atom stereocenters. The second-order valence-corrected chi connectivity index (χ2v) is 12.8. The largest absolute Gasteiger partial charge is 0.466 e. The maximum absolute atomic E-state index is 11.5. The Kier molecular flexibility index (Phi) is 27.1. The van der Waals surface area contributed by atoms with Gasteiger partial charge in [0.15, 0.2) is 0 Å². The molecule has 0 radical (unpaired) electrons. The van der Waals surface area contributed by atoms with Crippen molar-refractivity contribution < 1.29 is 38.1 Å². The van der Waals surface area contributed by atoms with Gasteiger partial charge in [0.05, 0.1) is 19.4 Å². The van der Waals surface area contributed by atoms with Crippen molar-refractivity contribution >= 4 is 42.1 Å². The molecule has 0 amide bonds. The van der Waals surface area contributed by atoms with Gasteiger partial charge < -0.3 is 18.9 Å². The van der Waals surface area contributed by atoms with E-state index in [0.29, 0.717) is 32.7 Å². The first kappa shape index (κ1) is 47.8. The molecule has 0 saturated carbocycles. The zero-order valence-electron chi connectivity index (χ0n) is 33.4. The molecule has 8 nitrogen and oxygen atoms in total. The van der Waals surface area contributed by atoms with Crippen molar-refractivity contribution in [2.45, 2.75) is 118 Å². The van der Waals surface area contributed by atoms with Crippen molar-refractivity contribution in [1.82, 2.24) is 0 Å². The molecule has 3 aromatic rings. The van der Waals surface area contributed by atoms with Crippen LogP contribution in [0.2, 0.25) is 0 Å². The Morgan fingerprint density at radius 1 is 0.455 bits per heavy atom. The molecule has 0 aliphatic heterocycles. The summed E-state index contributed by atoms with van der Waals surface area (Å²) in [6, 6.07) is 23.2. The standard InChI is InChI=1S/C17H22O4.2C15H20O2/c1-3-5-12-20-16(18)10-11-17(19)21-13-15-8-6-14(4-2)7-9-15;1-3-5-6-10-15(16)17-12-14-9-7-8-13(4-2)11-14;1-3-5-6-7-15(16)17-12-14-10-8-13(4-2)9-11-14/h4,6-9H,2-3,5,10-13H2,1H3;4,7-9,11H,2-3,5-6,10,12H2,1H3;4,8-11H,2-3,5-7,12H2,1H3. The average molecular weight is 755 g/mol. The summed E-state index contributed by atoms with van der Waals surface area (Å²) in [7, 11) is 0. The molecular formula is C47H62O8. The Morgan fingerprint density at radius 3 is 1.27 bits per heavy atom. The molecule has 3 rings (SSSR count). The second kappa shape index (κ2) is 31.1. The molecule has 8 heteroatoms. The third-order valence-electron chi connectivity index (χ3n) is 8.08.